The molecule has 0 radical (unpaired) electrons. The molecule has 2 aromatic rings. The first kappa shape index (κ1) is 14.9. The molecular weight excluding hydrogens is 296 g/mol. The Morgan fingerprint density at radius 2 is 2.19 bits per heavy atom. The van der Waals surface area contributed by atoms with E-state index in [1.54, 1.807) is 31.2 Å². The van der Waals surface area contributed by atoms with E-state index in [-0.39, 0.29) is 17.8 Å². The van der Waals surface area contributed by atoms with Crippen LogP contribution in [0.4, 0.5) is 5.69 Å². The minimum Gasteiger partial charge on any atom is -0.476 e. The van der Waals surface area contributed by atoms with E-state index in [4.69, 9.17) is 20.8 Å². The zero-order chi connectivity index (χ0) is 15.2. The number of carbonyl (C=O) groups is 1. The molecule has 1 amide bonds. The lowest BCUT2D eigenvalue weighted by Gasteiger charge is -2.10. The summed E-state index contributed by atoms with van der Waals surface area (Å²) >= 11 is 5.81. The van der Waals surface area contributed by atoms with Gasteiger partial charge >= 0.3 is 0 Å². The topological polar surface area (TPSA) is 80.6 Å². The second kappa shape index (κ2) is 6.81. The normalized spacial score (nSPS) is 10.0. The SMILES string of the molecule is Cc1occc(=O)c1OCC(=O)NNc1cccc(Cl)c1. The van der Waals surface area contributed by atoms with Crippen LogP contribution in [0.1, 0.15) is 5.76 Å². The van der Waals surface area contributed by atoms with Gasteiger partial charge in [-0.05, 0) is 25.1 Å². The number of anilines is 1. The predicted molar refractivity (Wildman–Crippen MR) is 78.4 cm³/mol. The van der Waals surface area contributed by atoms with E-state index in [9.17, 15) is 9.59 Å². The van der Waals surface area contributed by atoms with Crippen LogP contribution in [0.25, 0.3) is 0 Å². The van der Waals surface area contributed by atoms with Gasteiger partial charge in [-0.1, -0.05) is 17.7 Å². The van der Waals surface area contributed by atoms with Gasteiger partial charge in [-0.25, -0.2) is 0 Å². The van der Waals surface area contributed by atoms with Gasteiger partial charge in [0.05, 0.1) is 12.0 Å². The Morgan fingerprint density at radius 1 is 1.38 bits per heavy atom. The van der Waals surface area contributed by atoms with Crippen molar-refractivity contribution in [2.24, 2.45) is 0 Å². The van der Waals surface area contributed by atoms with Gasteiger partial charge in [0.25, 0.3) is 5.91 Å². The average molecular weight is 309 g/mol. The highest BCUT2D eigenvalue weighted by atomic mass is 35.5. The van der Waals surface area contributed by atoms with Crippen molar-refractivity contribution in [3.8, 4) is 5.75 Å². The monoisotopic (exact) mass is 308 g/mol. The van der Waals surface area contributed by atoms with Crippen LogP contribution >= 0.6 is 11.6 Å². The van der Waals surface area contributed by atoms with Gasteiger partial charge in [0.2, 0.25) is 11.2 Å². The Hall–Kier alpha value is -2.47. The maximum atomic E-state index is 11.6. The molecule has 0 bridgehead atoms. The van der Waals surface area contributed by atoms with Crippen LogP contribution in [-0.2, 0) is 4.79 Å². The highest BCUT2D eigenvalue weighted by molar-refractivity contribution is 6.30. The number of hydrogen-bond acceptors (Lipinski definition) is 5. The third-order valence-corrected chi connectivity index (χ3v) is 2.76. The summed E-state index contributed by atoms with van der Waals surface area (Å²) in [4.78, 5) is 23.2. The molecule has 21 heavy (non-hydrogen) atoms. The largest absolute Gasteiger partial charge is 0.476 e. The van der Waals surface area contributed by atoms with Crippen LogP contribution in [0.2, 0.25) is 5.02 Å². The van der Waals surface area contributed by atoms with E-state index in [1.807, 2.05) is 0 Å². The summed E-state index contributed by atoms with van der Waals surface area (Å²) < 4.78 is 10.2. The van der Waals surface area contributed by atoms with Crippen LogP contribution in [-0.4, -0.2) is 12.5 Å². The molecule has 2 N–H and O–H groups in total. The number of ether oxygens (including phenoxy) is 1. The first-order valence-corrected chi connectivity index (χ1v) is 6.45. The molecule has 1 aromatic carbocycles. The van der Waals surface area contributed by atoms with Gasteiger partial charge in [0, 0.05) is 11.1 Å². The fourth-order valence-corrected chi connectivity index (χ4v) is 1.75. The molecule has 1 heterocycles. The average Bonchev–Trinajstić information content (AvgIpc) is 2.45. The molecule has 0 saturated heterocycles. The van der Waals surface area contributed by atoms with Crippen molar-refractivity contribution >= 4 is 23.2 Å². The van der Waals surface area contributed by atoms with Crippen molar-refractivity contribution in [3.63, 3.8) is 0 Å². The first-order chi connectivity index (χ1) is 10.1. The summed E-state index contributed by atoms with van der Waals surface area (Å²) in [5.74, 6) is -0.105. The van der Waals surface area contributed by atoms with Gasteiger partial charge in [-0.2, -0.15) is 0 Å². The Morgan fingerprint density at radius 3 is 2.90 bits per heavy atom. The highest BCUT2D eigenvalue weighted by Gasteiger charge is 2.09. The zero-order valence-electron chi connectivity index (χ0n) is 11.2. The maximum Gasteiger partial charge on any atom is 0.276 e. The summed E-state index contributed by atoms with van der Waals surface area (Å²) in [6, 6.07) is 8.08. The van der Waals surface area contributed by atoms with E-state index in [1.165, 1.54) is 12.3 Å². The van der Waals surface area contributed by atoms with Crippen LogP contribution in [0.5, 0.6) is 5.75 Å². The van der Waals surface area contributed by atoms with Crippen molar-refractivity contribution < 1.29 is 13.9 Å². The van der Waals surface area contributed by atoms with Gasteiger partial charge in [0.15, 0.2) is 6.61 Å². The Kier molecular flexibility index (Phi) is 4.84. The molecule has 0 fully saturated rings. The molecule has 0 saturated carbocycles. The first-order valence-electron chi connectivity index (χ1n) is 6.08. The number of aryl methyl sites for hydroxylation is 1. The third-order valence-electron chi connectivity index (χ3n) is 2.53. The second-order valence-electron chi connectivity index (χ2n) is 4.14. The fraction of sp³-hybridized carbons (Fsp3) is 0.143. The number of benzene rings is 1. The third kappa shape index (κ3) is 4.25. The number of hydrogen-bond donors (Lipinski definition) is 2. The summed E-state index contributed by atoms with van der Waals surface area (Å²) in [5.41, 5.74) is 5.41. The van der Waals surface area contributed by atoms with E-state index >= 15 is 0 Å². The molecule has 110 valence electrons. The van der Waals surface area contributed by atoms with E-state index in [2.05, 4.69) is 10.9 Å². The maximum absolute atomic E-state index is 11.6. The summed E-state index contributed by atoms with van der Waals surface area (Å²) in [5, 5.41) is 0.544. The van der Waals surface area contributed by atoms with Crippen molar-refractivity contribution in [3.05, 3.63) is 57.6 Å². The molecular formula is C14H13ClN2O4. The van der Waals surface area contributed by atoms with Gasteiger partial charge < -0.3 is 9.15 Å². The molecule has 2 rings (SSSR count). The van der Waals surface area contributed by atoms with Crippen molar-refractivity contribution in [2.45, 2.75) is 6.92 Å². The van der Waals surface area contributed by atoms with Crippen molar-refractivity contribution in [1.29, 1.82) is 0 Å². The molecule has 1 aromatic heterocycles. The quantitative estimate of drug-likeness (QED) is 0.827. The molecule has 0 atom stereocenters. The molecule has 6 nitrogen and oxygen atoms in total. The second-order valence-corrected chi connectivity index (χ2v) is 4.58. The van der Waals surface area contributed by atoms with Crippen LogP contribution in [0.3, 0.4) is 0 Å². The molecule has 0 aliphatic heterocycles. The molecule has 0 spiro atoms. The number of hydrazine groups is 1. The minimum absolute atomic E-state index is 0.0235. The number of halogens is 1. The summed E-state index contributed by atoms with van der Waals surface area (Å²) in [6.45, 7) is 1.27. The van der Waals surface area contributed by atoms with Crippen molar-refractivity contribution in [2.75, 3.05) is 12.0 Å². The van der Waals surface area contributed by atoms with E-state index in [0.29, 0.717) is 16.5 Å². The number of nitrogens with one attached hydrogen (secondary N) is 2. The molecule has 7 heteroatoms. The zero-order valence-corrected chi connectivity index (χ0v) is 11.9. The number of carbonyl (C=O) groups excluding carboxylic acids is 1. The minimum atomic E-state index is -0.447. The summed E-state index contributed by atoms with van der Waals surface area (Å²) in [7, 11) is 0. The lowest BCUT2D eigenvalue weighted by atomic mass is 10.3. The van der Waals surface area contributed by atoms with E-state index in [0.717, 1.165) is 0 Å². The lowest BCUT2D eigenvalue weighted by molar-refractivity contribution is -0.122. The predicted octanol–water partition coefficient (Wildman–Crippen LogP) is 2.12. The number of rotatable bonds is 5. The molecule has 0 aliphatic rings. The lowest BCUT2D eigenvalue weighted by Crippen LogP contribution is -2.34. The highest BCUT2D eigenvalue weighted by Crippen LogP contribution is 2.14. The Labute approximate surface area is 125 Å². The Bertz CT molecular complexity index is 699. The number of amides is 1. The van der Waals surface area contributed by atoms with Crippen molar-refractivity contribution in [1.82, 2.24) is 5.43 Å². The Balaban J connectivity index is 1.87. The van der Waals surface area contributed by atoms with Crippen LogP contribution < -0.4 is 21.0 Å². The van der Waals surface area contributed by atoms with Gasteiger partial charge in [-0.3, -0.25) is 20.4 Å². The van der Waals surface area contributed by atoms with Crippen LogP contribution in [0, 0.1) is 6.92 Å². The molecule has 0 unspecified atom stereocenters. The summed E-state index contributed by atoms with van der Waals surface area (Å²) in [6.07, 6.45) is 1.27. The fourth-order valence-electron chi connectivity index (χ4n) is 1.56. The molecule has 0 aliphatic carbocycles. The van der Waals surface area contributed by atoms with Crippen LogP contribution in [0.15, 0.2) is 45.8 Å². The van der Waals surface area contributed by atoms with Gasteiger partial charge in [-0.15, -0.1) is 0 Å². The van der Waals surface area contributed by atoms with Gasteiger partial charge in [0.1, 0.15) is 5.76 Å². The smallest absolute Gasteiger partial charge is 0.276 e. The standard InChI is InChI=1S/C14H13ClN2O4/c1-9-14(12(18)5-6-20-9)21-8-13(19)17-16-11-4-2-3-10(15)7-11/h2-7,16H,8H2,1H3,(H,17,19). The van der Waals surface area contributed by atoms with E-state index < -0.39 is 5.91 Å².